The van der Waals surface area contributed by atoms with Gasteiger partial charge < -0.3 is 5.73 Å². The lowest BCUT2D eigenvalue weighted by Gasteiger charge is -2.15. The van der Waals surface area contributed by atoms with Crippen LogP contribution in [0.25, 0.3) is 0 Å². The molecule has 14 heavy (non-hydrogen) atoms. The van der Waals surface area contributed by atoms with Crippen LogP contribution in [0.4, 0.5) is 0 Å². The minimum atomic E-state index is -0.173. The van der Waals surface area contributed by atoms with E-state index in [1.54, 1.807) is 12.1 Å². The highest BCUT2D eigenvalue weighted by Gasteiger charge is 2.13. The summed E-state index contributed by atoms with van der Waals surface area (Å²) in [5, 5.41) is 1.23. The summed E-state index contributed by atoms with van der Waals surface area (Å²) in [5.74, 6) is 0. The normalized spacial score (nSPS) is 12.6. The van der Waals surface area contributed by atoms with E-state index >= 15 is 0 Å². The van der Waals surface area contributed by atoms with Gasteiger partial charge in [-0.3, -0.25) is 0 Å². The van der Waals surface area contributed by atoms with Crippen molar-refractivity contribution in [2.45, 2.75) is 19.4 Å². The van der Waals surface area contributed by atoms with E-state index in [1.807, 2.05) is 13.0 Å². The number of rotatable bonds is 3. The summed E-state index contributed by atoms with van der Waals surface area (Å²) in [5.41, 5.74) is 7.79. The Morgan fingerprint density at radius 2 is 1.93 bits per heavy atom. The number of nitrogens with two attached hydrogens (primary N) is 1. The summed E-state index contributed by atoms with van der Waals surface area (Å²) >= 11 is 12.0. The second kappa shape index (κ2) is 4.83. The summed E-state index contributed by atoms with van der Waals surface area (Å²) in [4.78, 5) is 0. The first-order valence-corrected chi connectivity index (χ1v) is 5.12. The molecular weight excluding hydrogens is 217 g/mol. The van der Waals surface area contributed by atoms with Crippen molar-refractivity contribution in [3.8, 4) is 0 Å². The maximum absolute atomic E-state index is 6.01. The molecule has 0 saturated carbocycles. The zero-order chi connectivity index (χ0) is 10.7. The van der Waals surface area contributed by atoms with Crippen molar-refractivity contribution in [1.82, 2.24) is 0 Å². The number of hydrogen-bond donors (Lipinski definition) is 1. The van der Waals surface area contributed by atoms with Gasteiger partial charge in [0.15, 0.2) is 0 Å². The second-order valence-corrected chi connectivity index (χ2v) is 4.22. The van der Waals surface area contributed by atoms with E-state index in [-0.39, 0.29) is 6.04 Å². The Bertz CT molecular complexity index is 327. The third-order valence-corrected chi connectivity index (χ3v) is 2.60. The van der Waals surface area contributed by atoms with Crippen molar-refractivity contribution >= 4 is 23.2 Å². The van der Waals surface area contributed by atoms with Gasteiger partial charge in [-0.1, -0.05) is 34.8 Å². The van der Waals surface area contributed by atoms with Crippen molar-refractivity contribution in [1.29, 1.82) is 0 Å². The summed E-state index contributed by atoms with van der Waals surface area (Å²) in [7, 11) is 0. The van der Waals surface area contributed by atoms with Crippen LogP contribution in [0.1, 0.15) is 24.9 Å². The minimum absolute atomic E-state index is 0.173. The second-order valence-electron chi connectivity index (χ2n) is 3.40. The zero-order valence-electron chi connectivity index (χ0n) is 8.06. The van der Waals surface area contributed by atoms with Crippen LogP contribution in [-0.4, -0.2) is 0 Å². The standard InChI is InChI=1S/C11H13Cl2N/c1-7(2)6-10(14)11-8(12)4-3-5-9(11)13/h3-5,10H,1,6,14H2,2H3/t10-/m0/s1. The van der Waals surface area contributed by atoms with E-state index in [4.69, 9.17) is 28.9 Å². The Balaban J connectivity index is 2.99. The molecule has 2 N–H and O–H groups in total. The van der Waals surface area contributed by atoms with E-state index in [9.17, 15) is 0 Å². The smallest absolute Gasteiger partial charge is 0.0468 e. The van der Waals surface area contributed by atoms with Gasteiger partial charge in [0.25, 0.3) is 0 Å². The molecule has 1 aromatic rings. The Kier molecular flexibility index (Phi) is 3.99. The molecule has 0 aliphatic rings. The third-order valence-electron chi connectivity index (χ3n) is 1.94. The van der Waals surface area contributed by atoms with Crippen molar-refractivity contribution in [2.24, 2.45) is 5.73 Å². The van der Waals surface area contributed by atoms with Crippen LogP contribution in [0.2, 0.25) is 10.0 Å². The number of benzene rings is 1. The molecule has 0 spiro atoms. The lowest BCUT2D eigenvalue weighted by atomic mass is 10.0. The Hall–Kier alpha value is -0.500. The molecule has 0 fully saturated rings. The highest BCUT2D eigenvalue weighted by molar-refractivity contribution is 6.36. The van der Waals surface area contributed by atoms with E-state index < -0.39 is 0 Å². The predicted molar refractivity (Wildman–Crippen MR) is 62.8 cm³/mol. The lowest BCUT2D eigenvalue weighted by molar-refractivity contribution is 0.717. The monoisotopic (exact) mass is 229 g/mol. The van der Waals surface area contributed by atoms with E-state index in [0.717, 1.165) is 11.1 Å². The van der Waals surface area contributed by atoms with Crippen LogP contribution in [0.15, 0.2) is 30.4 Å². The fraction of sp³-hybridized carbons (Fsp3) is 0.273. The van der Waals surface area contributed by atoms with E-state index in [0.29, 0.717) is 16.5 Å². The van der Waals surface area contributed by atoms with Crippen molar-refractivity contribution in [3.63, 3.8) is 0 Å². The van der Waals surface area contributed by atoms with Gasteiger partial charge in [0.2, 0.25) is 0 Å². The Labute approximate surface area is 94.5 Å². The molecule has 0 saturated heterocycles. The molecule has 1 rings (SSSR count). The first kappa shape index (κ1) is 11.6. The van der Waals surface area contributed by atoms with E-state index in [2.05, 4.69) is 6.58 Å². The SMILES string of the molecule is C=C(C)C[C@H](N)c1c(Cl)cccc1Cl. The quantitative estimate of drug-likeness (QED) is 0.781. The van der Waals surface area contributed by atoms with Crippen molar-refractivity contribution < 1.29 is 0 Å². The molecule has 0 aliphatic carbocycles. The van der Waals surface area contributed by atoms with Gasteiger partial charge in [0.05, 0.1) is 0 Å². The molecule has 0 aromatic heterocycles. The molecule has 1 aromatic carbocycles. The molecule has 0 unspecified atom stereocenters. The van der Waals surface area contributed by atoms with Crippen molar-refractivity contribution in [3.05, 3.63) is 46.0 Å². The molecule has 0 radical (unpaired) electrons. The van der Waals surface area contributed by atoms with Crippen LogP contribution >= 0.6 is 23.2 Å². The topological polar surface area (TPSA) is 26.0 Å². The van der Waals surface area contributed by atoms with Gasteiger partial charge in [0, 0.05) is 21.7 Å². The predicted octanol–water partition coefficient (Wildman–Crippen LogP) is 3.96. The van der Waals surface area contributed by atoms with Crippen molar-refractivity contribution in [2.75, 3.05) is 0 Å². The molecule has 0 aliphatic heterocycles. The largest absolute Gasteiger partial charge is 0.324 e. The van der Waals surface area contributed by atoms with Gasteiger partial charge in [-0.05, 0) is 25.5 Å². The molecular formula is C11H13Cl2N. The lowest BCUT2D eigenvalue weighted by Crippen LogP contribution is -2.11. The average Bonchev–Trinajstić information content (AvgIpc) is 2.01. The number of hydrogen-bond acceptors (Lipinski definition) is 1. The molecule has 1 nitrogen and oxygen atoms in total. The van der Waals surface area contributed by atoms with E-state index in [1.165, 1.54) is 0 Å². The average molecular weight is 230 g/mol. The highest BCUT2D eigenvalue weighted by atomic mass is 35.5. The fourth-order valence-corrected chi connectivity index (χ4v) is 2.02. The maximum atomic E-state index is 6.01. The third kappa shape index (κ3) is 2.74. The van der Waals surface area contributed by atoms with Crippen LogP contribution in [0.5, 0.6) is 0 Å². The Morgan fingerprint density at radius 3 is 2.36 bits per heavy atom. The van der Waals surface area contributed by atoms with Gasteiger partial charge in [-0.15, -0.1) is 6.58 Å². The molecule has 0 bridgehead atoms. The van der Waals surface area contributed by atoms with Gasteiger partial charge in [-0.2, -0.15) is 0 Å². The summed E-state index contributed by atoms with van der Waals surface area (Å²) in [6, 6.07) is 5.22. The minimum Gasteiger partial charge on any atom is -0.324 e. The van der Waals surface area contributed by atoms with Gasteiger partial charge in [0.1, 0.15) is 0 Å². The highest BCUT2D eigenvalue weighted by Crippen LogP contribution is 2.31. The zero-order valence-corrected chi connectivity index (χ0v) is 9.57. The van der Waals surface area contributed by atoms with Crippen LogP contribution < -0.4 is 5.73 Å². The first-order valence-electron chi connectivity index (χ1n) is 4.36. The maximum Gasteiger partial charge on any atom is 0.0468 e. The van der Waals surface area contributed by atoms with Crippen LogP contribution in [0, 0.1) is 0 Å². The first-order chi connectivity index (χ1) is 6.52. The van der Waals surface area contributed by atoms with Crippen LogP contribution in [-0.2, 0) is 0 Å². The molecule has 0 amide bonds. The van der Waals surface area contributed by atoms with Gasteiger partial charge >= 0.3 is 0 Å². The molecule has 0 heterocycles. The molecule has 3 heteroatoms. The Morgan fingerprint density at radius 1 is 1.43 bits per heavy atom. The fourth-order valence-electron chi connectivity index (χ4n) is 1.34. The molecule has 1 atom stereocenters. The summed E-state index contributed by atoms with van der Waals surface area (Å²) in [6.45, 7) is 5.75. The van der Waals surface area contributed by atoms with Gasteiger partial charge in [-0.25, -0.2) is 0 Å². The molecule has 76 valence electrons. The summed E-state index contributed by atoms with van der Waals surface area (Å²) in [6.07, 6.45) is 0.698. The summed E-state index contributed by atoms with van der Waals surface area (Å²) < 4.78 is 0. The van der Waals surface area contributed by atoms with Crippen LogP contribution in [0.3, 0.4) is 0 Å². The number of halogens is 2.